The Morgan fingerprint density at radius 2 is 2.19 bits per heavy atom. The Kier molecular flexibility index (Phi) is 2.46. The van der Waals surface area contributed by atoms with Crippen molar-refractivity contribution in [1.82, 2.24) is 0 Å². The lowest BCUT2D eigenvalue weighted by atomic mass is 10.1. The molecule has 16 heavy (non-hydrogen) atoms. The molecular weight excluding hydrogens is 211 g/mol. The maximum atomic E-state index is 13.2. The van der Waals surface area contributed by atoms with Crippen LogP contribution in [0.25, 0.3) is 0 Å². The molecule has 4 nitrogen and oxygen atoms in total. The first kappa shape index (κ1) is 10.7. The third-order valence-corrected chi connectivity index (χ3v) is 2.47. The van der Waals surface area contributed by atoms with Crippen molar-refractivity contribution in [2.45, 2.75) is 19.9 Å². The number of carbonyl (C=O) groups is 1. The molecule has 1 aliphatic rings. The molecule has 1 aliphatic heterocycles. The van der Waals surface area contributed by atoms with E-state index in [1.54, 1.807) is 4.90 Å². The maximum Gasteiger partial charge on any atom is 0.265 e. The largest absolute Gasteiger partial charge is 0.481 e. The lowest BCUT2D eigenvalue weighted by molar-refractivity contribution is -0.121. The highest BCUT2D eigenvalue weighted by Crippen LogP contribution is 2.36. The molecule has 0 saturated carbocycles. The molecular formula is C11H13FN2O2. The van der Waals surface area contributed by atoms with Crippen LogP contribution in [-0.2, 0) is 4.79 Å². The van der Waals surface area contributed by atoms with E-state index in [1.807, 2.05) is 13.8 Å². The Bertz CT molecular complexity index is 446. The molecule has 0 aliphatic carbocycles. The van der Waals surface area contributed by atoms with Gasteiger partial charge in [0.15, 0.2) is 6.61 Å². The van der Waals surface area contributed by atoms with Crippen molar-refractivity contribution in [2.24, 2.45) is 0 Å². The van der Waals surface area contributed by atoms with E-state index in [-0.39, 0.29) is 24.2 Å². The molecule has 0 atom stereocenters. The van der Waals surface area contributed by atoms with Gasteiger partial charge in [-0.1, -0.05) is 0 Å². The Morgan fingerprint density at radius 3 is 2.81 bits per heavy atom. The van der Waals surface area contributed by atoms with E-state index in [2.05, 4.69) is 0 Å². The van der Waals surface area contributed by atoms with Gasteiger partial charge in [-0.25, -0.2) is 4.39 Å². The van der Waals surface area contributed by atoms with Crippen molar-refractivity contribution < 1.29 is 13.9 Å². The number of hydrogen-bond donors (Lipinski definition) is 1. The highest BCUT2D eigenvalue weighted by Gasteiger charge is 2.28. The van der Waals surface area contributed by atoms with E-state index in [0.29, 0.717) is 11.4 Å². The quantitative estimate of drug-likeness (QED) is 0.736. The fourth-order valence-corrected chi connectivity index (χ4v) is 1.77. The van der Waals surface area contributed by atoms with Crippen LogP contribution in [0, 0.1) is 5.82 Å². The Morgan fingerprint density at radius 1 is 1.50 bits per heavy atom. The number of carbonyl (C=O) groups excluding carboxylic acids is 1. The predicted octanol–water partition coefficient (Wildman–Crippen LogP) is 1.54. The summed E-state index contributed by atoms with van der Waals surface area (Å²) in [6, 6.07) is 2.63. The van der Waals surface area contributed by atoms with E-state index in [0.717, 1.165) is 0 Å². The second kappa shape index (κ2) is 3.66. The minimum Gasteiger partial charge on any atom is -0.481 e. The molecule has 0 saturated heterocycles. The Hall–Kier alpha value is -1.78. The number of nitrogens with two attached hydrogens (primary N) is 1. The SMILES string of the molecule is CC(C)N1C(=O)COc2cc(F)c(N)cc21. The monoisotopic (exact) mass is 224 g/mol. The van der Waals surface area contributed by atoms with Crippen molar-refractivity contribution in [3.05, 3.63) is 17.9 Å². The summed E-state index contributed by atoms with van der Waals surface area (Å²) in [5.41, 5.74) is 6.03. The molecule has 1 aromatic rings. The zero-order chi connectivity index (χ0) is 11.9. The number of ether oxygens (including phenoxy) is 1. The minimum atomic E-state index is -0.531. The third-order valence-electron chi connectivity index (χ3n) is 2.47. The van der Waals surface area contributed by atoms with Gasteiger partial charge in [0.1, 0.15) is 11.6 Å². The van der Waals surface area contributed by atoms with Crippen LogP contribution in [-0.4, -0.2) is 18.6 Å². The molecule has 86 valence electrons. The van der Waals surface area contributed by atoms with Crippen molar-refractivity contribution in [1.29, 1.82) is 0 Å². The zero-order valence-corrected chi connectivity index (χ0v) is 9.16. The van der Waals surface area contributed by atoms with Crippen molar-refractivity contribution in [3.8, 4) is 5.75 Å². The van der Waals surface area contributed by atoms with E-state index in [4.69, 9.17) is 10.5 Å². The van der Waals surface area contributed by atoms with Gasteiger partial charge < -0.3 is 15.4 Å². The highest BCUT2D eigenvalue weighted by atomic mass is 19.1. The van der Waals surface area contributed by atoms with E-state index in [1.165, 1.54) is 12.1 Å². The fourth-order valence-electron chi connectivity index (χ4n) is 1.77. The molecule has 1 heterocycles. The van der Waals surface area contributed by atoms with Gasteiger partial charge in [0.05, 0.1) is 11.4 Å². The van der Waals surface area contributed by atoms with E-state index in [9.17, 15) is 9.18 Å². The summed E-state index contributed by atoms with van der Waals surface area (Å²) in [5.74, 6) is -0.315. The molecule has 5 heteroatoms. The van der Waals surface area contributed by atoms with Crippen LogP contribution >= 0.6 is 0 Å². The smallest absolute Gasteiger partial charge is 0.265 e. The second-order valence-corrected chi connectivity index (χ2v) is 3.99. The van der Waals surface area contributed by atoms with Gasteiger partial charge in [-0.3, -0.25) is 4.79 Å². The number of hydrogen-bond acceptors (Lipinski definition) is 3. The molecule has 1 amide bonds. The van der Waals surface area contributed by atoms with Gasteiger partial charge >= 0.3 is 0 Å². The average Bonchev–Trinajstić information content (AvgIpc) is 2.20. The molecule has 1 aromatic carbocycles. The number of nitrogen functional groups attached to an aromatic ring is 1. The van der Waals surface area contributed by atoms with E-state index >= 15 is 0 Å². The van der Waals surface area contributed by atoms with Crippen molar-refractivity contribution in [3.63, 3.8) is 0 Å². The third kappa shape index (κ3) is 1.58. The maximum absolute atomic E-state index is 13.2. The molecule has 0 radical (unpaired) electrons. The summed E-state index contributed by atoms with van der Waals surface area (Å²) in [4.78, 5) is 13.2. The van der Waals surface area contributed by atoms with Crippen LogP contribution in [0.15, 0.2) is 12.1 Å². The van der Waals surface area contributed by atoms with Crippen LogP contribution < -0.4 is 15.4 Å². The first-order valence-corrected chi connectivity index (χ1v) is 5.04. The number of anilines is 2. The normalized spacial score (nSPS) is 15.0. The van der Waals surface area contributed by atoms with Crippen LogP contribution in [0.1, 0.15) is 13.8 Å². The van der Waals surface area contributed by atoms with E-state index < -0.39 is 5.82 Å². The van der Waals surface area contributed by atoms with Crippen molar-refractivity contribution in [2.75, 3.05) is 17.2 Å². The first-order chi connectivity index (χ1) is 7.50. The first-order valence-electron chi connectivity index (χ1n) is 5.04. The molecule has 0 bridgehead atoms. The second-order valence-electron chi connectivity index (χ2n) is 3.99. The van der Waals surface area contributed by atoms with Gasteiger partial charge in [-0.05, 0) is 19.9 Å². The van der Waals surface area contributed by atoms with Gasteiger partial charge in [0.25, 0.3) is 5.91 Å². The highest BCUT2D eigenvalue weighted by molar-refractivity contribution is 5.98. The van der Waals surface area contributed by atoms with Crippen LogP contribution in [0.2, 0.25) is 0 Å². The predicted molar refractivity (Wildman–Crippen MR) is 58.9 cm³/mol. The summed E-state index contributed by atoms with van der Waals surface area (Å²) in [6.07, 6.45) is 0. The van der Waals surface area contributed by atoms with Crippen LogP contribution in [0.4, 0.5) is 15.8 Å². The van der Waals surface area contributed by atoms with Crippen LogP contribution in [0.5, 0.6) is 5.75 Å². The molecule has 0 unspecified atom stereocenters. The number of benzene rings is 1. The van der Waals surface area contributed by atoms with Crippen LogP contribution in [0.3, 0.4) is 0 Å². The summed E-state index contributed by atoms with van der Waals surface area (Å²) in [7, 11) is 0. The lowest BCUT2D eigenvalue weighted by Gasteiger charge is -2.32. The topological polar surface area (TPSA) is 55.6 Å². The van der Waals surface area contributed by atoms with Gasteiger partial charge in [0, 0.05) is 12.1 Å². The molecule has 2 rings (SSSR count). The lowest BCUT2D eigenvalue weighted by Crippen LogP contribution is -2.43. The zero-order valence-electron chi connectivity index (χ0n) is 9.16. The number of rotatable bonds is 1. The summed E-state index contributed by atoms with van der Waals surface area (Å²) in [5, 5.41) is 0. The molecule has 0 spiro atoms. The number of nitrogens with zero attached hydrogens (tertiary/aromatic N) is 1. The standard InChI is InChI=1S/C11H13FN2O2/c1-6(2)14-9-4-8(13)7(12)3-10(9)16-5-11(14)15/h3-4,6H,5,13H2,1-2H3. The Labute approximate surface area is 92.8 Å². The average molecular weight is 224 g/mol. The molecule has 0 fully saturated rings. The minimum absolute atomic E-state index is 0.0139. The van der Waals surface area contributed by atoms with Gasteiger partial charge in [0.2, 0.25) is 0 Å². The van der Waals surface area contributed by atoms with Gasteiger partial charge in [-0.2, -0.15) is 0 Å². The Balaban J connectivity index is 2.55. The van der Waals surface area contributed by atoms with Gasteiger partial charge in [-0.15, -0.1) is 0 Å². The number of amides is 1. The molecule has 0 aromatic heterocycles. The summed E-state index contributed by atoms with van der Waals surface area (Å²) < 4.78 is 18.4. The molecule has 2 N–H and O–H groups in total. The van der Waals surface area contributed by atoms with Crippen molar-refractivity contribution >= 4 is 17.3 Å². The summed E-state index contributed by atoms with van der Waals surface area (Å²) >= 11 is 0. The summed E-state index contributed by atoms with van der Waals surface area (Å²) in [6.45, 7) is 3.70. The number of fused-ring (bicyclic) bond motifs is 1. The fraction of sp³-hybridized carbons (Fsp3) is 0.364. The number of halogens is 1.